The Hall–Kier alpha value is -1.82. The number of nitrogens with one attached hydrogen (secondary N) is 1. The Bertz CT molecular complexity index is 659. The third kappa shape index (κ3) is 2.81. The van der Waals surface area contributed by atoms with Gasteiger partial charge in [-0.1, -0.05) is 13.8 Å². The second-order valence-electron chi connectivity index (χ2n) is 5.73. The number of hydrogen-bond donors (Lipinski definition) is 1. The van der Waals surface area contributed by atoms with Gasteiger partial charge in [0.25, 0.3) is 0 Å². The summed E-state index contributed by atoms with van der Waals surface area (Å²) < 4.78 is 26.5. The van der Waals surface area contributed by atoms with E-state index in [1.54, 1.807) is 6.20 Å². The van der Waals surface area contributed by atoms with Crippen LogP contribution >= 0.6 is 0 Å². The van der Waals surface area contributed by atoms with E-state index in [0.717, 1.165) is 31.8 Å². The molecule has 1 aromatic heterocycles. The van der Waals surface area contributed by atoms with Crippen molar-refractivity contribution in [1.82, 2.24) is 15.3 Å². The van der Waals surface area contributed by atoms with Crippen LogP contribution in [0.4, 0.5) is 14.6 Å². The van der Waals surface area contributed by atoms with Crippen molar-refractivity contribution in [1.29, 1.82) is 0 Å². The molecule has 112 valence electrons. The minimum atomic E-state index is -0.897. The molecular weight excluding hydrogens is 274 g/mol. The average Bonchev–Trinajstić information content (AvgIpc) is 2.48. The number of nitrogens with zero attached hydrogens (tertiary/aromatic N) is 3. The first kappa shape index (κ1) is 14.1. The van der Waals surface area contributed by atoms with Crippen molar-refractivity contribution in [2.75, 3.05) is 24.5 Å². The Morgan fingerprint density at radius 1 is 1.24 bits per heavy atom. The van der Waals surface area contributed by atoms with Gasteiger partial charge in [-0.15, -0.1) is 0 Å². The summed E-state index contributed by atoms with van der Waals surface area (Å²) >= 11 is 0. The lowest BCUT2D eigenvalue weighted by molar-refractivity contribution is 0.367. The topological polar surface area (TPSA) is 41.1 Å². The Morgan fingerprint density at radius 3 is 2.67 bits per heavy atom. The summed E-state index contributed by atoms with van der Waals surface area (Å²) in [5.74, 6) is -0.561. The second-order valence-corrected chi connectivity index (χ2v) is 5.73. The molecule has 1 aliphatic rings. The van der Waals surface area contributed by atoms with Crippen molar-refractivity contribution < 1.29 is 8.78 Å². The van der Waals surface area contributed by atoms with Crippen LogP contribution in [0.5, 0.6) is 0 Å². The Labute approximate surface area is 122 Å². The summed E-state index contributed by atoms with van der Waals surface area (Å²) in [6.45, 7) is 6.88. The molecule has 0 saturated carbocycles. The predicted octanol–water partition coefficient (Wildman–Crippen LogP) is 2.34. The molecule has 1 aliphatic heterocycles. The number of aromatic nitrogens is 2. The molecular formula is C15H18F2N4. The second kappa shape index (κ2) is 5.52. The van der Waals surface area contributed by atoms with Gasteiger partial charge in [0.2, 0.25) is 0 Å². The quantitative estimate of drug-likeness (QED) is 0.922. The van der Waals surface area contributed by atoms with Gasteiger partial charge in [0.1, 0.15) is 5.82 Å². The van der Waals surface area contributed by atoms with E-state index in [1.165, 1.54) is 0 Å². The third-order valence-corrected chi connectivity index (χ3v) is 3.91. The van der Waals surface area contributed by atoms with Crippen molar-refractivity contribution in [2.45, 2.75) is 19.9 Å². The van der Waals surface area contributed by atoms with Crippen molar-refractivity contribution >= 4 is 16.9 Å². The molecule has 0 unspecified atom stereocenters. The van der Waals surface area contributed by atoms with Gasteiger partial charge in [-0.3, -0.25) is 4.98 Å². The van der Waals surface area contributed by atoms with Crippen molar-refractivity contribution in [3.05, 3.63) is 30.0 Å². The highest BCUT2D eigenvalue weighted by Gasteiger charge is 2.23. The Morgan fingerprint density at radius 2 is 1.95 bits per heavy atom. The number of hydrogen-bond acceptors (Lipinski definition) is 4. The molecule has 3 rings (SSSR count). The van der Waals surface area contributed by atoms with Gasteiger partial charge in [0.05, 0.1) is 17.2 Å². The molecule has 1 N–H and O–H groups in total. The average molecular weight is 292 g/mol. The van der Waals surface area contributed by atoms with Crippen molar-refractivity contribution in [3.8, 4) is 0 Å². The van der Waals surface area contributed by atoms with Gasteiger partial charge < -0.3 is 10.2 Å². The van der Waals surface area contributed by atoms with Gasteiger partial charge >= 0.3 is 0 Å². The smallest absolute Gasteiger partial charge is 0.161 e. The minimum absolute atomic E-state index is 0.369. The van der Waals surface area contributed by atoms with E-state index in [4.69, 9.17) is 0 Å². The number of benzene rings is 1. The molecule has 1 saturated heterocycles. The van der Waals surface area contributed by atoms with Gasteiger partial charge in [-0.2, -0.15) is 0 Å². The molecule has 0 spiro atoms. The normalized spacial score (nSPS) is 19.5. The van der Waals surface area contributed by atoms with E-state index in [2.05, 4.69) is 34.0 Å². The summed E-state index contributed by atoms with van der Waals surface area (Å²) in [6.07, 6.45) is 1.63. The van der Waals surface area contributed by atoms with Gasteiger partial charge in [-0.05, 0) is 5.92 Å². The molecule has 4 nitrogen and oxygen atoms in total. The first-order valence-electron chi connectivity index (χ1n) is 7.14. The molecule has 0 aliphatic carbocycles. The third-order valence-electron chi connectivity index (χ3n) is 3.91. The number of halogens is 2. The summed E-state index contributed by atoms with van der Waals surface area (Å²) in [5, 5.41) is 3.47. The highest BCUT2D eigenvalue weighted by Crippen LogP contribution is 2.20. The van der Waals surface area contributed by atoms with Gasteiger partial charge in [0, 0.05) is 37.8 Å². The molecule has 0 bridgehead atoms. The maximum atomic E-state index is 13.3. The molecule has 1 fully saturated rings. The number of anilines is 1. The van der Waals surface area contributed by atoms with Crippen LogP contribution in [-0.4, -0.2) is 35.6 Å². The Kier molecular flexibility index (Phi) is 3.71. The van der Waals surface area contributed by atoms with E-state index in [0.29, 0.717) is 28.8 Å². The summed E-state index contributed by atoms with van der Waals surface area (Å²) in [4.78, 5) is 10.8. The van der Waals surface area contributed by atoms with Gasteiger partial charge in [-0.25, -0.2) is 13.8 Å². The lowest BCUT2D eigenvalue weighted by Crippen LogP contribution is -2.53. The van der Waals surface area contributed by atoms with Crippen LogP contribution in [0, 0.1) is 17.6 Å². The van der Waals surface area contributed by atoms with E-state index in [-0.39, 0.29) is 0 Å². The predicted molar refractivity (Wildman–Crippen MR) is 78.3 cm³/mol. The van der Waals surface area contributed by atoms with Crippen LogP contribution < -0.4 is 10.2 Å². The highest BCUT2D eigenvalue weighted by molar-refractivity contribution is 5.75. The number of piperazine rings is 1. The molecule has 1 aromatic carbocycles. The summed E-state index contributed by atoms with van der Waals surface area (Å²) in [5.41, 5.74) is 0.749. The Balaban J connectivity index is 1.91. The minimum Gasteiger partial charge on any atom is -0.352 e. The molecule has 2 aromatic rings. The van der Waals surface area contributed by atoms with E-state index in [1.807, 2.05) is 0 Å². The fraction of sp³-hybridized carbons (Fsp3) is 0.467. The molecule has 6 heteroatoms. The zero-order valence-corrected chi connectivity index (χ0v) is 12.1. The monoisotopic (exact) mass is 292 g/mol. The van der Waals surface area contributed by atoms with Gasteiger partial charge in [0.15, 0.2) is 11.6 Å². The molecule has 1 atom stereocenters. The first-order chi connectivity index (χ1) is 10.0. The standard InChI is InChI=1S/C15H18F2N4/c1-9(2)14-8-21(4-3-18-14)15-7-19-12-5-10(16)11(17)6-13(12)20-15/h5-7,9,14,18H,3-4,8H2,1-2H3/t14-/m0/s1. The zero-order chi connectivity index (χ0) is 15.0. The van der Waals surface area contributed by atoms with Crippen LogP contribution in [0.2, 0.25) is 0 Å². The van der Waals surface area contributed by atoms with Crippen LogP contribution in [0.3, 0.4) is 0 Å². The number of rotatable bonds is 2. The van der Waals surface area contributed by atoms with E-state index < -0.39 is 11.6 Å². The van der Waals surface area contributed by atoms with E-state index >= 15 is 0 Å². The molecule has 0 amide bonds. The highest BCUT2D eigenvalue weighted by atomic mass is 19.2. The fourth-order valence-corrected chi connectivity index (χ4v) is 2.58. The lowest BCUT2D eigenvalue weighted by Gasteiger charge is -2.36. The van der Waals surface area contributed by atoms with Crippen molar-refractivity contribution in [3.63, 3.8) is 0 Å². The fourth-order valence-electron chi connectivity index (χ4n) is 2.58. The maximum absolute atomic E-state index is 13.3. The number of fused-ring (bicyclic) bond motifs is 1. The van der Waals surface area contributed by atoms with Crippen molar-refractivity contribution in [2.24, 2.45) is 5.92 Å². The molecule has 0 radical (unpaired) electrons. The maximum Gasteiger partial charge on any atom is 0.161 e. The SMILES string of the molecule is CC(C)[C@@H]1CN(c2cnc3cc(F)c(F)cc3n2)CCN1. The largest absolute Gasteiger partial charge is 0.352 e. The first-order valence-corrected chi connectivity index (χ1v) is 7.14. The van der Waals surface area contributed by atoms with Crippen LogP contribution in [0.25, 0.3) is 11.0 Å². The molecule has 21 heavy (non-hydrogen) atoms. The lowest BCUT2D eigenvalue weighted by atomic mass is 10.0. The van der Waals surface area contributed by atoms with E-state index in [9.17, 15) is 8.78 Å². The molecule has 2 heterocycles. The van der Waals surface area contributed by atoms with Crippen LogP contribution in [0.15, 0.2) is 18.3 Å². The summed E-state index contributed by atoms with van der Waals surface area (Å²) in [7, 11) is 0. The van der Waals surface area contributed by atoms with Crippen LogP contribution in [0.1, 0.15) is 13.8 Å². The van der Waals surface area contributed by atoms with Crippen LogP contribution in [-0.2, 0) is 0 Å². The zero-order valence-electron chi connectivity index (χ0n) is 12.1. The summed E-state index contributed by atoms with van der Waals surface area (Å²) in [6, 6.07) is 2.57.